The summed E-state index contributed by atoms with van der Waals surface area (Å²) in [7, 11) is 2.97. The SMILES string of the molecule is COc1cc(OCc2ccccc2)c([C@H](N)C(=O)O)cc1OC. The molecule has 23 heavy (non-hydrogen) atoms. The molecule has 0 aliphatic rings. The lowest BCUT2D eigenvalue weighted by atomic mass is 10.1. The fourth-order valence-electron chi connectivity index (χ4n) is 2.11. The predicted molar refractivity (Wildman–Crippen MR) is 84.9 cm³/mol. The van der Waals surface area contributed by atoms with E-state index >= 15 is 0 Å². The van der Waals surface area contributed by atoms with E-state index < -0.39 is 12.0 Å². The van der Waals surface area contributed by atoms with Crippen molar-refractivity contribution >= 4 is 5.97 Å². The van der Waals surface area contributed by atoms with Gasteiger partial charge in [-0.2, -0.15) is 0 Å². The van der Waals surface area contributed by atoms with Crippen LogP contribution in [0.25, 0.3) is 0 Å². The molecule has 0 unspecified atom stereocenters. The molecule has 0 aromatic heterocycles. The first kappa shape index (κ1) is 16.6. The minimum absolute atomic E-state index is 0.287. The second-order valence-corrected chi connectivity index (χ2v) is 4.84. The highest BCUT2D eigenvalue weighted by Gasteiger charge is 2.22. The van der Waals surface area contributed by atoms with Crippen LogP contribution in [0.15, 0.2) is 42.5 Å². The van der Waals surface area contributed by atoms with E-state index in [1.807, 2.05) is 30.3 Å². The number of nitrogens with two attached hydrogens (primary N) is 1. The zero-order valence-electron chi connectivity index (χ0n) is 13.0. The molecule has 122 valence electrons. The van der Waals surface area contributed by atoms with E-state index in [0.717, 1.165) is 5.56 Å². The topological polar surface area (TPSA) is 91.0 Å². The number of aliphatic carboxylic acids is 1. The molecule has 0 aliphatic heterocycles. The number of carbonyl (C=O) groups is 1. The van der Waals surface area contributed by atoms with Gasteiger partial charge in [0.2, 0.25) is 0 Å². The zero-order chi connectivity index (χ0) is 16.8. The fraction of sp³-hybridized carbons (Fsp3) is 0.235. The minimum atomic E-state index is -1.22. The van der Waals surface area contributed by atoms with Crippen LogP contribution in [0.2, 0.25) is 0 Å². The molecule has 0 spiro atoms. The maximum absolute atomic E-state index is 11.2. The Morgan fingerprint density at radius 3 is 2.26 bits per heavy atom. The van der Waals surface area contributed by atoms with Crippen LogP contribution in [-0.2, 0) is 11.4 Å². The first-order chi connectivity index (χ1) is 11.1. The molecule has 0 amide bonds. The molecule has 0 heterocycles. The number of carboxylic acid groups (broad SMARTS) is 1. The molecule has 0 aliphatic carbocycles. The van der Waals surface area contributed by atoms with E-state index in [4.69, 9.17) is 19.9 Å². The first-order valence-electron chi connectivity index (χ1n) is 6.97. The van der Waals surface area contributed by atoms with Gasteiger partial charge in [0.05, 0.1) is 14.2 Å². The van der Waals surface area contributed by atoms with Gasteiger partial charge < -0.3 is 25.1 Å². The minimum Gasteiger partial charge on any atom is -0.493 e. The molecule has 0 saturated heterocycles. The summed E-state index contributed by atoms with van der Waals surface area (Å²) in [5.74, 6) is 0.0337. The molecular formula is C17H19NO5. The van der Waals surface area contributed by atoms with Crippen LogP contribution in [0.5, 0.6) is 17.2 Å². The number of ether oxygens (including phenoxy) is 3. The Hall–Kier alpha value is -2.73. The maximum Gasteiger partial charge on any atom is 0.325 e. The second-order valence-electron chi connectivity index (χ2n) is 4.84. The largest absolute Gasteiger partial charge is 0.493 e. The van der Waals surface area contributed by atoms with Gasteiger partial charge in [0, 0.05) is 11.6 Å². The standard InChI is InChI=1S/C17H19NO5/c1-21-14-8-12(16(18)17(19)20)13(9-15(14)22-2)23-10-11-6-4-3-5-7-11/h3-9,16H,10,18H2,1-2H3,(H,19,20)/t16-/m0/s1. The average molecular weight is 317 g/mol. The Bertz CT molecular complexity index is 672. The van der Waals surface area contributed by atoms with E-state index in [1.165, 1.54) is 20.3 Å². The monoisotopic (exact) mass is 317 g/mol. The van der Waals surface area contributed by atoms with Gasteiger partial charge in [-0.3, -0.25) is 4.79 Å². The van der Waals surface area contributed by atoms with Crippen molar-refractivity contribution in [2.45, 2.75) is 12.6 Å². The van der Waals surface area contributed by atoms with Crippen LogP contribution in [0, 0.1) is 0 Å². The molecular weight excluding hydrogens is 298 g/mol. The van der Waals surface area contributed by atoms with Crippen molar-refractivity contribution in [3.05, 3.63) is 53.6 Å². The summed E-state index contributed by atoms with van der Waals surface area (Å²) >= 11 is 0. The van der Waals surface area contributed by atoms with E-state index in [0.29, 0.717) is 22.8 Å². The van der Waals surface area contributed by atoms with E-state index in [1.54, 1.807) is 6.07 Å². The van der Waals surface area contributed by atoms with Gasteiger partial charge in [-0.25, -0.2) is 0 Å². The van der Waals surface area contributed by atoms with E-state index in [2.05, 4.69) is 0 Å². The molecule has 1 atom stereocenters. The Labute approximate surface area is 134 Å². The summed E-state index contributed by atoms with van der Waals surface area (Å²) in [6, 6.07) is 11.4. The van der Waals surface area contributed by atoms with Crippen LogP contribution in [0.3, 0.4) is 0 Å². The molecule has 0 bridgehead atoms. The number of benzene rings is 2. The molecule has 0 saturated carbocycles. The quantitative estimate of drug-likeness (QED) is 0.814. The Morgan fingerprint density at radius 1 is 1.09 bits per heavy atom. The summed E-state index contributed by atoms with van der Waals surface area (Å²) < 4.78 is 16.2. The molecule has 2 aromatic rings. The van der Waals surface area contributed by atoms with Gasteiger partial charge >= 0.3 is 5.97 Å². The van der Waals surface area contributed by atoms with Gasteiger partial charge in [0.1, 0.15) is 18.4 Å². The van der Waals surface area contributed by atoms with Crippen LogP contribution in [0.4, 0.5) is 0 Å². The number of methoxy groups -OCH3 is 2. The predicted octanol–water partition coefficient (Wildman–Crippen LogP) is 2.37. The molecule has 0 radical (unpaired) electrons. The Balaban J connectivity index is 2.36. The van der Waals surface area contributed by atoms with E-state index in [9.17, 15) is 9.90 Å². The van der Waals surface area contributed by atoms with Crippen molar-refractivity contribution in [1.29, 1.82) is 0 Å². The molecule has 2 aromatic carbocycles. The number of hydrogen-bond acceptors (Lipinski definition) is 5. The Kier molecular flexibility index (Phi) is 5.43. The summed E-state index contributed by atoms with van der Waals surface area (Å²) in [5.41, 5.74) is 7.03. The highest BCUT2D eigenvalue weighted by molar-refractivity contribution is 5.77. The van der Waals surface area contributed by atoms with Gasteiger partial charge in [0.15, 0.2) is 11.5 Å². The van der Waals surface area contributed by atoms with Crippen LogP contribution < -0.4 is 19.9 Å². The van der Waals surface area contributed by atoms with Gasteiger partial charge in [-0.05, 0) is 11.6 Å². The lowest BCUT2D eigenvalue weighted by molar-refractivity contribution is -0.138. The summed E-state index contributed by atoms with van der Waals surface area (Å²) in [5, 5.41) is 9.18. The zero-order valence-corrected chi connectivity index (χ0v) is 13.0. The van der Waals surface area contributed by atoms with Gasteiger partial charge in [0.25, 0.3) is 0 Å². The van der Waals surface area contributed by atoms with Crippen molar-refractivity contribution < 1.29 is 24.1 Å². The lowest BCUT2D eigenvalue weighted by Gasteiger charge is -2.18. The highest BCUT2D eigenvalue weighted by atomic mass is 16.5. The van der Waals surface area contributed by atoms with Crippen LogP contribution in [0.1, 0.15) is 17.2 Å². The molecule has 6 nitrogen and oxygen atoms in total. The van der Waals surface area contributed by atoms with E-state index in [-0.39, 0.29) is 6.61 Å². The third-order valence-corrected chi connectivity index (χ3v) is 3.35. The lowest BCUT2D eigenvalue weighted by Crippen LogP contribution is -2.21. The molecule has 2 rings (SSSR count). The van der Waals surface area contributed by atoms with Crippen LogP contribution in [-0.4, -0.2) is 25.3 Å². The second kappa shape index (κ2) is 7.51. The summed E-state index contributed by atoms with van der Waals surface area (Å²) in [6.45, 7) is 0.287. The van der Waals surface area contributed by atoms with Crippen LogP contribution >= 0.6 is 0 Å². The van der Waals surface area contributed by atoms with Crippen molar-refractivity contribution in [1.82, 2.24) is 0 Å². The number of carboxylic acids is 1. The van der Waals surface area contributed by atoms with Crippen molar-refractivity contribution in [2.75, 3.05) is 14.2 Å². The molecule has 3 N–H and O–H groups in total. The fourth-order valence-corrected chi connectivity index (χ4v) is 2.11. The molecule has 0 fully saturated rings. The molecule has 6 heteroatoms. The summed E-state index contributed by atoms with van der Waals surface area (Å²) in [4.78, 5) is 11.2. The smallest absolute Gasteiger partial charge is 0.325 e. The number of hydrogen-bond donors (Lipinski definition) is 2. The third-order valence-electron chi connectivity index (χ3n) is 3.35. The van der Waals surface area contributed by atoms with Crippen molar-refractivity contribution in [2.24, 2.45) is 5.73 Å². The van der Waals surface area contributed by atoms with Gasteiger partial charge in [-0.1, -0.05) is 30.3 Å². The third kappa shape index (κ3) is 3.92. The van der Waals surface area contributed by atoms with Gasteiger partial charge in [-0.15, -0.1) is 0 Å². The normalized spacial score (nSPS) is 11.6. The van der Waals surface area contributed by atoms with Crippen molar-refractivity contribution in [3.8, 4) is 17.2 Å². The highest BCUT2D eigenvalue weighted by Crippen LogP contribution is 2.37. The average Bonchev–Trinajstić information content (AvgIpc) is 2.59. The number of rotatable bonds is 7. The summed E-state index contributed by atoms with van der Waals surface area (Å²) in [6.07, 6.45) is 0. The van der Waals surface area contributed by atoms with Crippen molar-refractivity contribution in [3.63, 3.8) is 0 Å². The first-order valence-corrected chi connectivity index (χ1v) is 6.97. The Morgan fingerprint density at radius 2 is 1.70 bits per heavy atom. The maximum atomic E-state index is 11.2.